The molecule has 0 aliphatic heterocycles. The van der Waals surface area contributed by atoms with Crippen LogP contribution < -0.4 is 15.4 Å². The van der Waals surface area contributed by atoms with Crippen molar-refractivity contribution < 1.29 is 9.90 Å². The molecule has 0 saturated carbocycles. The topological polar surface area (TPSA) is 73.4 Å². The normalized spacial score (nSPS) is 13.4. The third kappa shape index (κ3) is 5.32. The zero-order valence-electron chi connectivity index (χ0n) is 13.5. The van der Waals surface area contributed by atoms with E-state index in [1.54, 1.807) is 12.2 Å². The highest BCUT2D eigenvalue weighted by Gasteiger charge is 2.08. The molecule has 1 aliphatic rings. The van der Waals surface area contributed by atoms with Gasteiger partial charge in [0.25, 0.3) is 0 Å². The summed E-state index contributed by atoms with van der Waals surface area (Å²) in [5.41, 5.74) is 2.54. The summed E-state index contributed by atoms with van der Waals surface area (Å²) in [5, 5.41) is 14.9. The van der Waals surface area contributed by atoms with E-state index in [9.17, 15) is 9.90 Å². The number of hydrogen-bond donors (Lipinski definition) is 4. The van der Waals surface area contributed by atoms with Crippen molar-refractivity contribution in [3.63, 3.8) is 0 Å². The molecule has 0 bridgehead atoms. The molecule has 0 fully saturated rings. The molecule has 2 aromatic rings. The minimum Gasteiger partial charge on any atom is -0.512 e. The molecular formula is C19H19N3O2S. The van der Waals surface area contributed by atoms with Gasteiger partial charge in [-0.3, -0.25) is 0 Å². The third-order valence-corrected chi connectivity index (χ3v) is 4.42. The monoisotopic (exact) mass is 353 g/mol. The molecule has 0 spiro atoms. The molecule has 25 heavy (non-hydrogen) atoms. The average molecular weight is 353 g/mol. The van der Waals surface area contributed by atoms with E-state index in [0.717, 1.165) is 22.0 Å². The Kier molecular flexibility index (Phi) is 5.64. The largest absolute Gasteiger partial charge is 0.512 e. The first-order valence-corrected chi connectivity index (χ1v) is 8.75. The quantitative estimate of drug-likeness (QED) is 0.568. The van der Waals surface area contributed by atoms with Gasteiger partial charge in [-0.15, -0.1) is 0 Å². The number of carbonyl (C=O) groups excluding carboxylic acids is 1. The molecule has 2 aromatic carbocycles. The minimum atomic E-state index is -0.288. The number of urea groups is 1. The Morgan fingerprint density at radius 2 is 1.64 bits per heavy atom. The van der Waals surface area contributed by atoms with Crippen molar-refractivity contribution in [2.45, 2.75) is 17.7 Å². The highest BCUT2D eigenvalue weighted by molar-refractivity contribution is 8.00. The van der Waals surface area contributed by atoms with E-state index in [1.807, 2.05) is 54.6 Å². The number of amides is 2. The van der Waals surface area contributed by atoms with Crippen molar-refractivity contribution in [1.82, 2.24) is 5.32 Å². The van der Waals surface area contributed by atoms with E-state index in [1.165, 1.54) is 11.9 Å². The fourth-order valence-electron chi connectivity index (χ4n) is 2.27. The van der Waals surface area contributed by atoms with Gasteiger partial charge >= 0.3 is 6.03 Å². The standard InChI is InChI=1S/C19H19N3O2S/c23-17-10-6-14(7-11-17)20-19(24)21-15-8-12-18(13-9-15)25-22-16-4-2-1-3-5-16/h1-6,8-10,12-13,22-23H,7,11H2,(H2,20,21,24). The Balaban J connectivity index is 1.49. The summed E-state index contributed by atoms with van der Waals surface area (Å²) in [5.74, 6) is 0.336. The van der Waals surface area contributed by atoms with Gasteiger partial charge in [-0.05, 0) is 66.9 Å². The van der Waals surface area contributed by atoms with Gasteiger partial charge in [0.2, 0.25) is 0 Å². The number of aliphatic hydroxyl groups excluding tert-OH is 1. The van der Waals surface area contributed by atoms with Gasteiger partial charge in [-0.25, -0.2) is 4.79 Å². The van der Waals surface area contributed by atoms with Gasteiger partial charge in [0.1, 0.15) is 0 Å². The second-order valence-electron chi connectivity index (χ2n) is 5.52. The zero-order chi connectivity index (χ0) is 17.5. The Labute approximate surface area is 151 Å². The lowest BCUT2D eigenvalue weighted by molar-refractivity contribution is 0.253. The summed E-state index contributed by atoms with van der Waals surface area (Å²) in [6, 6.07) is 17.2. The molecule has 3 rings (SSSR count). The van der Waals surface area contributed by atoms with E-state index in [0.29, 0.717) is 18.6 Å². The van der Waals surface area contributed by atoms with Crippen LogP contribution in [0.3, 0.4) is 0 Å². The number of allylic oxidation sites excluding steroid dienone is 4. The number of para-hydroxylation sites is 1. The zero-order valence-corrected chi connectivity index (χ0v) is 14.3. The molecule has 0 saturated heterocycles. The lowest BCUT2D eigenvalue weighted by Crippen LogP contribution is -2.28. The van der Waals surface area contributed by atoms with Crippen LogP contribution in [0.4, 0.5) is 16.2 Å². The molecule has 6 heteroatoms. The van der Waals surface area contributed by atoms with Gasteiger partial charge in [0.15, 0.2) is 0 Å². The predicted octanol–water partition coefficient (Wildman–Crippen LogP) is 5.05. The Hall–Kier alpha value is -2.86. The van der Waals surface area contributed by atoms with Crippen LogP contribution in [0.1, 0.15) is 12.8 Å². The van der Waals surface area contributed by atoms with Crippen molar-refractivity contribution in [1.29, 1.82) is 0 Å². The number of carbonyl (C=O) groups is 1. The van der Waals surface area contributed by atoms with Crippen LogP contribution in [-0.2, 0) is 0 Å². The molecule has 0 radical (unpaired) electrons. The average Bonchev–Trinajstić information content (AvgIpc) is 2.64. The molecule has 0 aromatic heterocycles. The molecule has 5 nitrogen and oxygen atoms in total. The maximum atomic E-state index is 12.0. The number of anilines is 2. The number of nitrogens with one attached hydrogen (secondary N) is 3. The number of rotatable bonds is 5. The molecule has 0 heterocycles. The molecule has 0 unspecified atom stereocenters. The first-order valence-electron chi connectivity index (χ1n) is 7.94. The second kappa shape index (κ2) is 8.30. The number of hydrogen-bond acceptors (Lipinski definition) is 4. The Morgan fingerprint density at radius 3 is 2.32 bits per heavy atom. The first-order chi connectivity index (χ1) is 12.2. The molecule has 0 atom stereocenters. The van der Waals surface area contributed by atoms with E-state index >= 15 is 0 Å². The Bertz CT molecular complexity index is 786. The van der Waals surface area contributed by atoms with Crippen LogP contribution in [0.2, 0.25) is 0 Å². The molecule has 128 valence electrons. The Morgan fingerprint density at radius 1 is 0.880 bits per heavy atom. The lowest BCUT2D eigenvalue weighted by atomic mass is 10.1. The van der Waals surface area contributed by atoms with Crippen LogP contribution in [0, 0.1) is 0 Å². The van der Waals surface area contributed by atoms with E-state index in [2.05, 4.69) is 15.4 Å². The SMILES string of the molecule is O=C(NC1=CC=C(O)CC1)Nc1ccc(SNc2ccccc2)cc1. The van der Waals surface area contributed by atoms with Crippen molar-refractivity contribution >= 4 is 29.4 Å². The first kappa shape index (κ1) is 17.0. The van der Waals surface area contributed by atoms with Crippen LogP contribution in [0.25, 0.3) is 0 Å². The van der Waals surface area contributed by atoms with E-state index in [4.69, 9.17) is 0 Å². The molecule has 1 aliphatic carbocycles. The summed E-state index contributed by atoms with van der Waals surface area (Å²) >= 11 is 1.51. The number of aliphatic hydroxyl groups is 1. The van der Waals surface area contributed by atoms with Gasteiger partial charge in [-0.2, -0.15) is 0 Å². The van der Waals surface area contributed by atoms with Gasteiger partial charge in [0, 0.05) is 28.4 Å². The van der Waals surface area contributed by atoms with Gasteiger partial charge in [-0.1, -0.05) is 18.2 Å². The summed E-state index contributed by atoms with van der Waals surface area (Å²) in [4.78, 5) is 13.0. The van der Waals surface area contributed by atoms with Crippen molar-refractivity contribution in [2.24, 2.45) is 0 Å². The van der Waals surface area contributed by atoms with Gasteiger partial charge < -0.3 is 20.5 Å². The van der Waals surface area contributed by atoms with Crippen molar-refractivity contribution in [2.75, 3.05) is 10.0 Å². The molecule has 4 N–H and O–H groups in total. The summed E-state index contributed by atoms with van der Waals surface area (Å²) < 4.78 is 3.26. The van der Waals surface area contributed by atoms with Crippen LogP contribution in [-0.4, -0.2) is 11.1 Å². The van der Waals surface area contributed by atoms with Crippen LogP contribution >= 0.6 is 11.9 Å². The fraction of sp³-hybridized carbons (Fsp3) is 0.105. The fourth-order valence-corrected chi connectivity index (χ4v) is 2.91. The molecule has 2 amide bonds. The van der Waals surface area contributed by atoms with Crippen molar-refractivity contribution in [3.8, 4) is 0 Å². The minimum absolute atomic E-state index is 0.288. The predicted molar refractivity (Wildman–Crippen MR) is 103 cm³/mol. The summed E-state index contributed by atoms with van der Waals surface area (Å²) in [6.45, 7) is 0. The summed E-state index contributed by atoms with van der Waals surface area (Å²) in [6.07, 6.45) is 4.49. The van der Waals surface area contributed by atoms with Crippen LogP contribution in [0.5, 0.6) is 0 Å². The highest BCUT2D eigenvalue weighted by Crippen LogP contribution is 2.22. The maximum Gasteiger partial charge on any atom is 0.323 e. The van der Waals surface area contributed by atoms with Crippen LogP contribution in [0.15, 0.2) is 83.1 Å². The van der Waals surface area contributed by atoms with E-state index < -0.39 is 0 Å². The second-order valence-corrected chi connectivity index (χ2v) is 6.40. The highest BCUT2D eigenvalue weighted by atomic mass is 32.2. The number of benzene rings is 2. The maximum absolute atomic E-state index is 12.0. The molecular weight excluding hydrogens is 334 g/mol. The smallest absolute Gasteiger partial charge is 0.323 e. The lowest BCUT2D eigenvalue weighted by Gasteiger charge is -2.13. The van der Waals surface area contributed by atoms with Gasteiger partial charge in [0.05, 0.1) is 5.76 Å². The van der Waals surface area contributed by atoms with Crippen molar-refractivity contribution in [3.05, 3.63) is 78.2 Å². The third-order valence-electron chi connectivity index (χ3n) is 3.57. The summed E-state index contributed by atoms with van der Waals surface area (Å²) in [7, 11) is 0. The van der Waals surface area contributed by atoms with E-state index in [-0.39, 0.29) is 6.03 Å².